The van der Waals surface area contributed by atoms with E-state index in [1.807, 2.05) is 23.6 Å². The van der Waals surface area contributed by atoms with Gasteiger partial charge in [0.2, 0.25) is 0 Å². The van der Waals surface area contributed by atoms with Gasteiger partial charge in [0.25, 0.3) is 5.91 Å². The minimum Gasteiger partial charge on any atom is -0.487 e. The van der Waals surface area contributed by atoms with Gasteiger partial charge in [-0.25, -0.2) is 4.98 Å². The van der Waals surface area contributed by atoms with Gasteiger partial charge in [0.15, 0.2) is 0 Å². The molecule has 1 N–H and O–H groups in total. The standard InChI is InChI=1S/C20H27N3O2S/c1-16-6-2-3-10-23(16)11-5-9-21-20(24)17-7-4-8-19(12-17)25-13-18-14-26-15-22-18/h4,7-8,12,14-16H,2-3,5-6,9-11,13H2,1H3,(H,21,24). The molecule has 2 aromatic rings. The fraction of sp³-hybridized carbons (Fsp3) is 0.500. The van der Waals surface area contributed by atoms with Crippen LogP contribution < -0.4 is 10.1 Å². The first-order valence-corrected chi connectivity index (χ1v) is 10.3. The molecule has 1 unspecified atom stereocenters. The highest BCUT2D eigenvalue weighted by Gasteiger charge is 2.17. The van der Waals surface area contributed by atoms with Crippen molar-refractivity contribution in [3.63, 3.8) is 0 Å². The molecule has 1 aliphatic heterocycles. The third-order valence-corrected chi connectivity index (χ3v) is 5.45. The van der Waals surface area contributed by atoms with Crippen molar-refractivity contribution >= 4 is 17.2 Å². The van der Waals surface area contributed by atoms with Crippen LogP contribution in [0, 0.1) is 0 Å². The van der Waals surface area contributed by atoms with Crippen LogP contribution in [0.3, 0.4) is 0 Å². The van der Waals surface area contributed by atoms with E-state index in [0.29, 0.717) is 30.5 Å². The molecular formula is C20H27N3O2S. The molecule has 6 heteroatoms. The number of thiazole rings is 1. The number of hydrogen-bond acceptors (Lipinski definition) is 5. The number of nitrogens with one attached hydrogen (secondary N) is 1. The molecule has 1 aromatic heterocycles. The number of nitrogens with zero attached hydrogens (tertiary/aromatic N) is 2. The summed E-state index contributed by atoms with van der Waals surface area (Å²) in [6.07, 6.45) is 4.91. The van der Waals surface area contributed by atoms with Gasteiger partial charge < -0.3 is 15.0 Å². The number of carbonyl (C=O) groups is 1. The lowest BCUT2D eigenvalue weighted by molar-refractivity contribution is 0.0948. The van der Waals surface area contributed by atoms with Crippen molar-refractivity contribution in [2.24, 2.45) is 0 Å². The topological polar surface area (TPSA) is 54.5 Å². The first-order chi connectivity index (χ1) is 12.7. The Morgan fingerprint density at radius 2 is 2.35 bits per heavy atom. The summed E-state index contributed by atoms with van der Waals surface area (Å²) in [7, 11) is 0. The number of amides is 1. The van der Waals surface area contributed by atoms with Gasteiger partial charge in [-0.15, -0.1) is 11.3 Å². The summed E-state index contributed by atoms with van der Waals surface area (Å²) in [6, 6.07) is 7.99. The SMILES string of the molecule is CC1CCCCN1CCCNC(=O)c1cccc(OCc2cscn2)c1. The van der Waals surface area contributed by atoms with E-state index in [2.05, 4.69) is 22.1 Å². The van der Waals surface area contributed by atoms with E-state index in [-0.39, 0.29) is 5.91 Å². The predicted molar refractivity (Wildman–Crippen MR) is 105 cm³/mol. The maximum atomic E-state index is 12.4. The zero-order valence-corrected chi connectivity index (χ0v) is 16.1. The van der Waals surface area contributed by atoms with Crippen molar-refractivity contribution in [3.8, 4) is 5.75 Å². The Balaban J connectivity index is 1.41. The molecule has 0 saturated carbocycles. The average molecular weight is 374 g/mol. The number of ether oxygens (including phenoxy) is 1. The molecule has 0 aliphatic carbocycles. The van der Waals surface area contributed by atoms with Crippen LogP contribution in [0.2, 0.25) is 0 Å². The highest BCUT2D eigenvalue weighted by Crippen LogP contribution is 2.17. The van der Waals surface area contributed by atoms with Crippen LogP contribution in [0.1, 0.15) is 48.7 Å². The van der Waals surface area contributed by atoms with Crippen LogP contribution in [0.25, 0.3) is 0 Å². The number of hydrogen-bond donors (Lipinski definition) is 1. The summed E-state index contributed by atoms with van der Waals surface area (Å²) < 4.78 is 5.72. The molecule has 5 nitrogen and oxygen atoms in total. The van der Waals surface area contributed by atoms with E-state index in [9.17, 15) is 4.79 Å². The number of piperidine rings is 1. The first-order valence-electron chi connectivity index (χ1n) is 9.34. The van der Waals surface area contributed by atoms with Gasteiger partial charge in [0, 0.05) is 30.1 Å². The maximum Gasteiger partial charge on any atom is 0.251 e. The van der Waals surface area contributed by atoms with E-state index in [0.717, 1.165) is 18.7 Å². The molecule has 0 bridgehead atoms. The summed E-state index contributed by atoms with van der Waals surface area (Å²) in [4.78, 5) is 19.1. The normalized spacial score (nSPS) is 17.8. The summed E-state index contributed by atoms with van der Waals surface area (Å²) in [6.45, 7) is 5.66. The molecule has 26 heavy (non-hydrogen) atoms. The Bertz CT molecular complexity index is 690. The zero-order chi connectivity index (χ0) is 18.2. The Hall–Kier alpha value is -1.92. The van der Waals surface area contributed by atoms with Crippen molar-refractivity contribution in [1.29, 1.82) is 0 Å². The van der Waals surface area contributed by atoms with Crippen molar-refractivity contribution < 1.29 is 9.53 Å². The average Bonchev–Trinajstić information content (AvgIpc) is 3.18. The molecular weight excluding hydrogens is 346 g/mol. The molecule has 1 aliphatic rings. The third-order valence-electron chi connectivity index (χ3n) is 4.81. The number of carbonyl (C=O) groups excluding carboxylic acids is 1. The summed E-state index contributed by atoms with van der Waals surface area (Å²) in [5, 5.41) is 4.98. The van der Waals surface area contributed by atoms with Gasteiger partial charge in [-0.1, -0.05) is 12.5 Å². The Kier molecular flexibility index (Phi) is 7.03. The number of benzene rings is 1. The summed E-state index contributed by atoms with van der Waals surface area (Å²) >= 11 is 1.55. The van der Waals surface area contributed by atoms with E-state index in [1.54, 1.807) is 22.9 Å². The van der Waals surface area contributed by atoms with Crippen LogP contribution >= 0.6 is 11.3 Å². The van der Waals surface area contributed by atoms with Crippen LogP contribution in [0.4, 0.5) is 0 Å². The lowest BCUT2D eigenvalue weighted by Crippen LogP contribution is -2.39. The number of aromatic nitrogens is 1. The van der Waals surface area contributed by atoms with E-state index in [4.69, 9.17) is 4.74 Å². The predicted octanol–water partition coefficient (Wildman–Crippen LogP) is 3.72. The lowest BCUT2D eigenvalue weighted by atomic mass is 10.0. The zero-order valence-electron chi connectivity index (χ0n) is 15.3. The Morgan fingerprint density at radius 3 is 3.15 bits per heavy atom. The summed E-state index contributed by atoms with van der Waals surface area (Å²) in [5.41, 5.74) is 3.32. The smallest absolute Gasteiger partial charge is 0.251 e. The quantitative estimate of drug-likeness (QED) is 0.717. The molecule has 1 atom stereocenters. The van der Waals surface area contributed by atoms with Crippen molar-refractivity contribution in [3.05, 3.63) is 46.4 Å². The van der Waals surface area contributed by atoms with Crippen LogP contribution in [-0.2, 0) is 6.61 Å². The Labute approximate surface area is 159 Å². The largest absolute Gasteiger partial charge is 0.487 e. The molecule has 140 valence electrons. The van der Waals surface area contributed by atoms with Gasteiger partial charge in [-0.2, -0.15) is 0 Å². The van der Waals surface area contributed by atoms with Crippen molar-refractivity contribution in [2.45, 2.75) is 45.3 Å². The summed E-state index contributed by atoms with van der Waals surface area (Å²) in [5.74, 6) is 0.642. The van der Waals surface area contributed by atoms with Gasteiger partial charge >= 0.3 is 0 Å². The lowest BCUT2D eigenvalue weighted by Gasteiger charge is -2.33. The fourth-order valence-electron chi connectivity index (χ4n) is 3.27. The van der Waals surface area contributed by atoms with Gasteiger partial charge in [-0.3, -0.25) is 4.79 Å². The molecule has 0 spiro atoms. The van der Waals surface area contributed by atoms with Crippen LogP contribution in [0.5, 0.6) is 5.75 Å². The molecule has 1 amide bonds. The Morgan fingerprint density at radius 1 is 1.42 bits per heavy atom. The number of rotatable bonds is 8. The van der Waals surface area contributed by atoms with Gasteiger partial charge in [0.1, 0.15) is 12.4 Å². The second-order valence-corrected chi connectivity index (χ2v) is 7.51. The van der Waals surface area contributed by atoms with Gasteiger partial charge in [0.05, 0.1) is 11.2 Å². The highest BCUT2D eigenvalue weighted by molar-refractivity contribution is 7.07. The highest BCUT2D eigenvalue weighted by atomic mass is 32.1. The van der Waals surface area contributed by atoms with Crippen molar-refractivity contribution in [1.82, 2.24) is 15.2 Å². The second-order valence-electron chi connectivity index (χ2n) is 6.79. The molecule has 2 heterocycles. The number of likely N-dealkylation sites (tertiary alicyclic amines) is 1. The maximum absolute atomic E-state index is 12.4. The minimum atomic E-state index is -0.0456. The molecule has 1 fully saturated rings. The monoisotopic (exact) mass is 373 g/mol. The molecule has 0 radical (unpaired) electrons. The van der Waals surface area contributed by atoms with Gasteiger partial charge in [-0.05, 0) is 50.9 Å². The third kappa shape index (κ3) is 5.54. The van der Waals surface area contributed by atoms with E-state index < -0.39 is 0 Å². The second kappa shape index (κ2) is 9.69. The van der Waals surface area contributed by atoms with Crippen LogP contribution in [-0.4, -0.2) is 41.5 Å². The minimum absolute atomic E-state index is 0.0456. The first kappa shape index (κ1) is 18.9. The molecule has 1 saturated heterocycles. The van der Waals surface area contributed by atoms with E-state index >= 15 is 0 Å². The fourth-order valence-corrected chi connectivity index (χ4v) is 3.81. The molecule has 3 rings (SSSR count). The van der Waals surface area contributed by atoms with Crippen molar-refractivity contribution in [2.75, 3.05) is 19.6 Å². The molecule has 1 aromatic carbocycles. The van der Waals surface area contributed by atoms with E-state index in [1.165, 1.54) is 25.8 Å². The van der Waals surface area contributed by atoms with Crippen LogP contribution in [0.15, 0.2) is 35.2 Å².